The molecule has 144 valence electrons. The number of carbonyl (C=O) groups is 2. The quantitative estimate of drug-likeness (QED) is 0.786. The van der Waals surface area contributed by atoms with E-state index >= 15 is 0 Å². The first-order valence-electron chi connectivity index (χ1n) is 9.03. The summed E-state index contributed by atoms with van der Waals surface area (Å²) >= 11 is 0. The monoisotopic (exact) mass is 369 g/mol. The zero-order valence-corrected chi connectivity index (χ0v) is 16.1. The van der Waals surface area contributed by atoms with E-state index in [9.17, 15) is 9.59 Å². The lowest BCUT2D eigenvalue weighted by Gasteiger charge is -2.23. The van der Waals surface area contributed by atoms with Gasteiger partial charge in [0.1, 0.15) is 11.6 Å². The second-order valence-electron chi connectivity index (χ2n) is 7.29. The molecule has 0 spiro atoms. The molecular weight excluding hydrogens is 342 g/mol. The van der Waals surface area contributed by atoms with Crippen molar-refractivity contribution < 1.29 is 14.3 Å². The number of pyridine rings is 1. The third kappa shape index (κ3) is 7.90. The third-order valence-electron chi connectivity index (χ3n) is 3.73. The summed E-state index contributed by atoms with van der Waals surface area (Å²) in [5, 5.41) is 5.57. The summed E-state index contributed by atoms with van der Waals surface area (Å²) in [5.74, 6) is -0.242. The highest BCUT2D eigenvalue weighted by Crippen LogP contribution is 2.09. The summed E-state index contributed by atoms with van der Waals surface area (Å²) in [4.78, 5) is 28.8. The van der Waals surface area contributed by atoms with Gasteiger partial charge in [0, 0.05) is 25.4 Å². The Morgan fingerprint density at radius 2 is 1.78 bits per heavy atom. The molecule has 1 heterocycles. The third-order valence-corrected chi connectivity index (χ3v) is 3.73. The van der Waals surface area contributed by atoms with Crippen molar-refractivity contribution in [3.05, 3.63) is 66.0 Å². The Morgan fingerprint density at radius 1 is 1.07 bits per heavy atom. The number of rotatable bonds is 7. The van der Waals surface area contributed by atoms with E-state index in [1.807, 2.05) is 42.5 Å². The number of hydrogen-bond acceptors (Lipinski definition) is 4. The Morgan fingerprint density at radius 3 is 2.41 bits per heavy atom. The molecule has 27 heavy (non-hydrogen) atoms. The average molecular weight is 369 g/mol. The highest BCUT2D eigenvalue weighted by molar-refractivity contribution is 5.86. The van der Waals surface area contributed by atoms with Gasteiger partial charge in [-0.15, -0.1) is 0 Å². The summed E-state index contributed by atoms with van der Waals surface area (Å²) in [6.45, 7) is 5.82. The summed E-state index contributed by atoms with van der Waals surface area (Å²) in [6.07, 6.45) is 3.93. The molecule has 6 heteroatoms. The summed E-state index contributed by atoms with van der Waals surface area (Å²) in [6, 6.07) is 12.7. The second kappa shape index (κ2) is 9.71. The zero-order valence-electron chi connectivity index (χ0n) is 16.1. The van der Waals surface area contributed by atoms with Gasteiger partial charge >= 0.3 is 6.09 Å². The van der Waals surface area contributed by atoms with E-state index in [1.54, 1.807) is 33.2 Å². The second-order valence-corrected chi connectivity index (χ2v) is 7.29. The molecule has 1 aromatic heterocycles. The first kappa shape index (κ1) is 20.4. The maximum absolute atomic E-state index is 12.6. The van der Waals surface area contributed by atoms with E-state index in [1.165, 1.54) is 0 Å². The lowest BCUT2D eigenvalue weighted by molar-refractivity contribution is -0.123. The van der Waals surface area contributed by atoms with E-state index in [4.69, 9.17) is 4.74 Å². The van der Waals surface area contributed by atoms with Crippen LogP contribution in [0.5, 0.6) is 0 Å². The van der Waals surface area contributed by atoms with Crippen LogP contribution in [0.3, 0.4) is 0 Å². The Hall–Kier alpha value is -2.89. The molecule has 0 bridgehead atoms. The van der Waals surface area contributed by atoms with Crippen LogP contribution in [0.4, 0.5) is 4.79 Å². The van der Waals surface area contributed by atoms with Gasteiger partial charge in [-0.3, -0.25) is 9.78 Å². The van der Waals surface area contributed by atoms with Gasteiger partial charge in [-0.05, 0) is 44.4 Å². The topological polar surface area (TPSA) is 80.3 Å². The Labute approximate surface area is 160 Å². The first-order valence-corrected chi connectivity index (χ1v) is 9.03. The minimum Gasteiger partial charge on any atom is -0.444 e. The number of hydrogen-bond donors (Lipinski definition) is 2. The molecule has 2 N–H and O–H groups in total. The molecule has 2 rings (SSSR count). The Balaban J connectivity index is 1.96. The number of carbonyl (C=O) groups excluding carboxylic acids is 2. The molecule has 0 aliphatic heterocycles. The zero-order chi connectivity index (χ0) is 19.7. The number of aromatic nitrogens is 1. The predicted molar refractivity (Wildman–Crippen MR) is 104 cm³/mol. The van der Waals surface area contributed by atoms with Crippen LogP contribution in [0.15, 0.2) is 54.9 Å². The Kier molecular flexibility index (Phi) is 7.34. The summed E-state index contributed by atoms with van der Waals surface area (Å²) in [7, 11) is 0. The molecule has 0 aliphatic rings. The molecule has 0 aliphatic carbocycles. The minimum atomic E-state index is -0.712. The molecule has 0 fully saturated rings. The molecule has 2 amide bonds. The van der Waals surface area contributed by atoms with Gasteiger partial charge in [0.25, 0.3) is 0 Å². The van der Waals surface area contributed by atoms with Crippen LogP contribution in [-0.4, -0.2) is 35.2 Å². The van der Waals surface area contributed by atoms with Crippen LogP contribution in [0.2, 0.25) is 0 Å². The van der Waals surface area contributed by atoms with Crippen molar-refractivity contribution in [2.24, 2.45) is 0 Å². The molecule has 0 saturated carbocycles. The molecular formula is C21H27N3O3. The van der Waals surface area contributed by atoms with Crippen LogP contribution in [0.1, 0.15) is 31.9 Å². The van der Waals surface area contributed by atoms with Crippen molar-refractivity contribution in [1.29, 1.82) is 0 Å². The fourth-order valence-electron chi connectivity index (χ4n) is 2.51. The summed E-state index contributed by atoms with van der Waals surface area (Å²) < 4.78 is 5.29. The van der Waals surface area contributed by atoms with E-state index < -0.39 is 17.7 Å². The number of alkyl carbamates (subject to hydrolysis) is 1. The van der Waals surface area contributed by atoms with Gasteiger partial charge in [-0.2, -0.15) is 0 Å². The fourth-order valence-corrected chi connectivity index (χ4v) is 2.51. The van der Waals surface area contributed by atoms with Gasteiger partial charge in [0.05, 0.1) is 0 Å². The lowest BCUT2D eigenvalue weighted by Crippen LogP contribution is -2.49. The number of nitrogens with one attached hydrogen (secondary N) is 2. The molecule has 0 radical (unpaired) electrons. The van der Waals surface area contributed by atoms with Crippen LogP contribution in [-0.2, 0) is 22.4 Å². The van der Waals surface area contributed by atoms with Gasteiger partial charge < -0.3 is 15.4 Å². The maximum Gasteiger partial charge on any atom is 0.408 e. The van der Waals surface area contributed by atoms with Crippen LogP contribution in [0.25, 0.3) is 0 Å². The van der Waals surface area contributed by atoms with Crippen molar-refractivity contribution in [1.82, 2.24) is 15.6 Å². The molecule has 0 saturated heterocycles. The van der Waals surface area contributed by atoms with E-state index in [-0.39, 0.29) is 5.91 Å². The van der Waals surface area contributed by atoms with E-state index in [0.29, 0.717) is 19.4 Å². The standard InChI is InChI=1S/C21H27N3O3/c1-21(2,3)27-20(26)24-18(14-16-8-5-4-6-9-16)19(25)23-13-11-17-10-7-12-22-15-17/h4-10,12,15,18H,11,13-14H2,1-3H3,(H,23,25)(H,24,26)/t18-/m0/s1. The number of nitrogens with zero attached hydrogens (tertiary/aromatic N) is 1. The normalized spacial score (nSPS) is 12.1. The largest absolute Gasteiger partial charge is 0.444 e. The van der Waals surface area contributed by atoms with Crippen molar-refractivity contribution in [3.8, 4) is 0 Å². The SMILES string of the molecule is CC(C)(C)OC(=O)N[C@@H](Cc1ccccc1)C(=O)NCCc1cccnc1. The predicted octanol–water partition coefficient (Wildman–Crippen LogP) is 2.88. The number of ether oxygens (including phenoxy) is 1. The highest BCUT2D eigenvalue weighted by atomic mass is 16.6. The molecule has 0 unspecified atom stereocenters. The van der Waals surface area contributed by atoms with Gasteiger partial charge in [-0.1, -0.05) is 36.4 Å². The van der Waals surface area contributed by atoms with Crippen molar-refractivity contribution in [3.63, 3.8) is 0 Å². The van der Waals surface area contributed by atoms with Gasteiger partial charge in [-0.25, -0.2) is 4.79 Å². The van der Waals surface area contributed by atoms with Crippen LogP contribution < -0.4 is 10.6 Å². The molecule has 1 atom stereocenters. The molecule has 1 aromatic carbocycles. The molecule has 6 nitrogen and oxygen atoms in total. The van der Waals surface area contributed by atoms with Crippen molar-refractivity contribution in [2.45, 2.75) is 45.3 Å². The summed E-state index contributed by atoms with van der Waals surface area (Å²) in [5.41, 5.74) is 1.37. The van der Waals surface area contributed by atoms with Gasteiger partial charge in [0.15, 0.2) is 0 Å². The van der Waals surface area contributed by atoms with E-state index in [2.05, 4.69) is 15.6 Å². The molecule has 2 aromatic rings. The first-order chi connectivity index (χ1) is 12.8. The average Bonchev–Trinajstić information content (AvgIpc) is 2.61. The Bertz CT molecular complexity index is 727. The number of amides is 2. The lowest BCUT2D eigenvalue weighted by atomic mass is 10.1. The van der Waals surface area contributed by atoms with Gasteiger partial charge in [0.2, 0.25) is 5.91 Å². The maximum atomic E-state index is 12.6. The van der Waals surface area contributed by atoms with E-state index in [0.717, 1.165) is 11.1 Å². The highest BCUT2D eigenvalue weighted by Gasteiger charge is 2.24. The van der Waals surface area contributed by atoms with Crippen molar-refractivity contribution >= 4 is 12.0 Å². The number of benzene rings is 1. The van der Waals surface area contributed by atoms with Crippen LogP contribution >= 0.6 is 0 Å². The smallest absolute Gasteiger partial charge is 0.408 e. The fraction of sp³-hybridized carbons (Fsp3) is 0.381. The van der Waals surface area contributed by atoms with Crippen molar-refractivity contribution in [2.75, 3.05) is 6.54 Å². The van der Waals surface area contributed by atoms with Crippen LogP contribution in [0, 0.1) is 0 Å². The minimum absolute atomic E-state index is 0.242.